The Morgan fingerprint density at radius 1 is 1.04 bits per heavy atom. The average molecular weight is 398 g/mol. The molecule has 0 unspecified atom stereocenters. The number of rotatable bonds is 6. The van der Waals surface area contributed by atoms with Crippen LogP contribution < -0.4 is 21.4 Å². The molecule has 1 heterocycles. The number of halogens is 1. The van der Waals surface area contributed by atoms with Gasteiger partial charge in [-0.2, -0.15) is 4.73 Å². The van der Waals surface area contributed by atoms with Crippen LogP contribution in [-0.2, 0) is 6.61 Å². The van der Waals surface area contributed by atoms with Crippen molar-refractivity contribution in [2.24, 2.45) is 5.73 Å². The molecule has 2 amide bonds. The van der Waals surface area contributed by atoms with E-state index in [0.717, 1.165) is 4.73 Å². The third kappa shape index (κ3) is 4.39. The fraction of sp³-hybridized carbons (Fsp3) is 0.0500. The molecule has 0 aliphatic heterocycles. The molecule has 0 fully saturated rings. The molecule has 0 aliphatic rings. The van der Waals surface area contributed by atoms with Crippen LogP contribution in [0.25, 0.3) is 0 Å². The van der Waals surface area contributed by atoms with Gasteiger partial charge in [-0.15, -0.1) is 0 Å². The molecule has 8 heteroatoms. The van der Waals surface area contributed by atoms with Crippen molar-refractivity contribution in [3.63, 3.8) is 0 Å². The molecule has 7 nitrogen and oxygen atoms in total. The van der Waals surface area contributed by atoms with E-state index in [-0.39, 0.29) is 12.2 Å². The zero-order valence-corrected chi connectivity index (χ0v) is 15.3. The lowest BCUT2D eigenvalue weighted by Crippen LogP contribution is -2.32. The van der Waals surface area contributed by atoms with Gasteiger partial charge in [0.05, 0.1) is 0 Å². The predicted molar refractivity (Wildman–Crippen MR) is 105 cm³/mol. The molecule has 142 valence electrons. The van der Waals surface area contributed by atoms with Crippen LogP contribution in [0.15, 0.2) is 71.7 Å². The summed E-state index contributed by atoms with van der Waals surface area (Å²) in [6, 6.07) is 16.0. The normalized spacial score (nSPS) is 10.3. The lowest BCUT2D eigenvalue weighted by molar-refractivity contribution is 0.0864. The number of pyridine rings is 1. The van der Waals surface area contributed by atoms with Crippen molar-refractivity contribution >= 4 is 29.1 Å². The highest BCUT2D eigenvalue weighted by atomic mass is 35.5. The number of hydrogen-bond donors (Lipinski definition) is 2. The van der Waals surface area contributed by atoms with Gasteiger partial charge in [-0.3, -0.25) is 14.4 Å². The number of carbonyl (C=O) groups excluding carboxylic acids is 2. The van der Waals surface area contributed by atoms with Crippen LogP contribution in [0.1, 0.15) is 26.3 Å². The monoisotopic (exact) mass is 397 g/mol. The number of amides is 2. The second-order valence-corrected chi connectivity index (χ2v) is 6.22. The summed E-state index contributed by atoms with van der Waals surface area (Å²) in [7, 11) is 0. The Bertz CT molecular complexity index is 1080. The summed E-state index contributed by atoms with van der Waals surface area (Å²) in [5.74, 6) is -1.17. The van der Waals surface area contributed by atoms with E-state index in [0.29, 0.717) is 21.8 Å². The summed E-state index contributed by atoms with van der Waals surface area (Å²) in [5, 5.41) is 3.11. The van der Waals surface area contributed by atoms with E-state index in [1.807, 2.05) is 0 Å². The fourth-order valence-electron chi connectivity index (χ4n) is 2.42. The summed E-state index contributed by atoms with van der Waals surface area (Å²) in [6.45, 7) is 0.0687. The van der Waals surface area contributed by atoms with Crippen LogP contribution >= 0.6 is 11.6 Å². The first kappa shape index (κ1) is 19.2. The molecule has 3 N–H and O–H groups in total. The third-order valence-corrected chi connectivity index (χ3v) is 4.27. The van der Waals surface area contributed by atoms with Gasteiger partial charge in [-0.25, -0.2) is 0 Å². The Kier molecular flexibility index (Phi) is 5.76. The summed E-state index contributed by atoms with van der Waals surface area (Å²) in [4.78, 5) is 41.5. The molecule has 0 radical (unpaired) electrons. The van der Waals surface area contributed by atoms with Crippen LogP contribution in [0.4, 0.5) is 5.69 Å². The minimum atomic E-state index is -0.610. The van der Waals surface area contributed by atoms with Crippen molar-refractivity contribution in [1.29, 1.82) is 0 Å². The second-order valence-electron chi connectivity index (χ2n) is 5.81. The maximum Gasteiger partial charge on any atom is 0.295 e. The molecule has 0 bridgehead atoms. The van der Waals surface area contributed by atoms with E-state index in [1.54, 1.807) is 24.3 Å². The Morgan fingerprint density at radius 3 is 2.43 bits per heavy atom. The smallest absolute Gasteiger partial charge is 0.295 e. The highest BCUT2D eigenvalue weighted by Gasteiger charge is 2.13. The molecule has 0 aliphatic carbocycles. The number of nitrogens with zero attached hydrogens (tertiary/aromatic N) is 1. The number of primary amides is 1. The van der Waals surface area contributed by atoms with Gasteiger partial charge in [0.2, 0.25) is 5.91 Å². The Hall–Kier alpha value is -3.58. The SMILES string of the molecule is NC(=O)c1ccc(NC(=O)c2cccn(OCc3ccccc3Cl)c2=O)cc1. The molecule has 0 spiro atoms. The van der Waals surface area contributed by atoms with E-state index in [4.69, 9.17) is 22.2 Å². The highest BCUT2D eigenvalue weighted by molar-refractivity contribution is 6.31. The topological polar surface area (TPSA) is 103 Å². The van der Waals surface area contributed by atoms with E-state index in [2.05, 4.69) is 5.32 Å². The summed E-state index contributed by atoms with van der Waals surface area (Å²) in [6.07, 6.45) is 1.41. The average Bonchev–Trinajstić information content (AvgIpc) is 2.68. The lowest BCUT2D eigenvalue weighted by atomic mass is 10.2. The predicted octanol–water partition coefficient (Wildman–Crippen LogP) is 2.48. The molecule has 0 saturated heterocycles. The van der Waals surface area contributed by atoms with Crippen molar-refractivity contribution in [1.82, 2.24) is 4.73 Å². The van der Waals surface area contributed by atoms with Crippen molar-refractivity contribution in [2.45, 2.75) is 6.61 Å². The molecule has 3 rings (SSSR count). The van der Waals surface area contributed by atoms with Gasteiger partial charge in [0.25, 0.3) is 11.5 Å². The van der Waals surface area contributed by atoms with Gasteiger partial charge in [0.1, 0.15) is 12.2 Å². The molecule has 0 atom stereocenters. The van der Waals surface area contributed by atoms with E-state index in [9.17, 15) is 14.4 Å². The maximum absolute atomic E-state index is 12.5. The van der Waals surface area contributed by atoms with Crippen molar-refractivity contribution in [3.05, 3.63) is 98.9 Å². The first-order chi connectivity index (χ1) is 13.5. The number of benzene rings is 2. The van der Waals surface area contributed by atoms with E-state index >= 15 is 0 Å². The standard InChI is InChI=1S/C20H16ClN3O4/c21-17-6-2-1-4-14(17)12-28-24-11-3-5-16(20(24)27)19(26)23-15-9-7-13(8-10-15)18(22)25/h1-11H,12H2,(H2,22,25)(H,23,26). The largest absolute Gasteiger partial charge is 0.406 e. The van der Waals surface area contributed by atoms with Crippen LogP contribution in [0.3, 0.4) is 0 Å². The fourth-order valence-corrected chi connectivity index (χ4v) is 2.61. The van der Waals surface area contributed by atoms with Crippen molar-refractivity contribution < 1.29 is 14.4 Å². The van der Waals surface area contributed by atoms with Gasteiger partial charge in [-0.1, -0.05) is 29.8 Å². The number of carbonyl (C=O) groups is 2. The minimum Gasteiger partial charge on any atom is -0.406 e. The Balaban J connectivity index is 1.74. The molecule has 2 aromatic carbocycles. The molecule has 0 saturated carbocycles. The lowest BCUT2D eigenvalue weighted by Gasteiger charge is -2.11. The highest BCUT2D eigenvalue weighted by Crippen LogP contribution is 2.15. The van der Waals surface area contributed by atoms with E-state index < -0.39 is 17.4 Å². The van der Waals surface area contributed by atoms with Gasteiger partial charge in [-0.05, 0) is 42.5 Å². The quantitative estimate of drug-likeness (QED) is 0.666. The van der Waals surface area contributed by atoms with Crippen LogP contribution in [-0.4, -0.2) is 16.5 Å². The zero-order valence-electron chi connectivity index (χ0n) is 14.6. The summed E-state index contributed by atoms with van der Waals surface area (Å²) < 4.78 is 0.981. The summed E-state index contributed by atoms with van der Waals surface area (Å²) in [5.41, 5.74) is 5.91. The molecular formula is C20H16ClN3O4. The number of nitrogens with one attached hydrogen (secondary N) is 1. The Labute approximate surface area is 165 Å². The Morgan fingerprint density at radius 2 is 1.75 bits per heavy atom. The van der Waals surface area contributed by atoms with Gasteiger partial charge >= 0.3 is 0 Å². The van der Waals surface area contributed by atoms with Gasteiger partial charge in [0.15, 0.2) is 0 Å². The molecule has 1 aromatic heterocycles. The number of aromatic nitrogens is 1. The van der Waals surface area contributed by atoms with Gasteiger partial charge < -0.3 is 15.9 Å². The van der Waals surface area contributed by atoms with Gasteiger partial charge in [0, 0.05) is 28.0 Å². The van der Waals surface area contributed by atoms with Crippen LogP contribution in [0.5, 0.6) is 0 Å². The third-order valence-electron chi connectivity index (χ3n) is 3.90. The molecule has 3 aromatic rings. The number of nitrogens with two attached hydrogens (primary N) is 1. The van der Waals surface area contributed by atoms with Crippen molar-refractivity contribution in [3.8, 4) is 0 Å². The van der Waals surface area contributed by atoms with E-state index in [1.165, 1.54) is 42.6 Å². The first-order valence-corrected chi connectivity index (χ1v) is 8.63. The number of anilines is 1. The molecule has 28 heavy (non-hydrogen) atoms. The first-order valence-electron chi connectivity index (χ1n) is 8.25. The molecular weight excluding hydrogens is 382 g/mol. The van der Waals surface area contributed by atoms with Crippen LogP contribution in [0, 0.1) is 0 Å². The summed E-state index contributed by atoms with van der Waals surface area (Å²) >= 11 is 6.07. The second kappa shape index (κ2) is 8.41. The van der Waals surface area contributed by atoms with Crippen molar-refractivity contribution in [2.75, 3.05) is 5.32 Å². The zero-order chi connectivity index (χ0) is 20.1. The van der Waals surface area contributed by atoms with Crippen LogP contribution in [0.2, 0.25) is 5.02 Å². The minimum absolute atomic E-state index is 0.0687. The number of hydrogen-bond acceptors (Lipinski definition) is 4. The maximum atomic E-state index is 12.5.